The lowest BCUT2D eigenvalue weighted by Crippen LogP contribution is -2.44. The van der Waals surface area contributed by atoms with Gasteiger partial charge in [-0.1, -0.05) is 5.57 Å². The molecule has 8 heteroatoms. The third-order valence-electron chi connectivity index (χ3n) is 6.34. The minimum absolute atomic E-state index is 0.0237. The Morgan fingerprint density at radius 2 is 1.97 bits per heavy atom. The molecule has 1 unspecified atom stereocenters. The molecule has 32 heavy (non-hydrogen) atoms. The van der Waals surface area contributed by atoms with Crippen molar-refractivity contribution in [3.05, 3.63) is 41.5 Å². The number of Topliss-reactive ketones (excluding diaryl/α,β-unsaturated/α-hetero) is 1. The van der Waals surface area contributed by atoms with Crippen molar-refractivity contribution in [1.29, 1.82) is 0 Å². The summed E-state index contributed by atoms with van der Waals surface area (Å²) in [6, 6.07) is 7.21. The van der Waals surface area contributed by atoms with Crippen LogP contribution < -0.4 is 10.1 Å². The zero-order valence-electron chi connectivity index (χ0n) is 18.3. The van der Waals surface area contributed by atoms with Crippen LogP contribution in [0.2, 0.25) is 0 Å². The van der Waals surface area contributed by atoms with E-state index >= 15 is 0 Å². The predicted molar refractivity (Wildman–Crippen MR) is 119 cm³/mol. The molecule has 0 aliphatic carbocycles. The number of piperidine rings is 1. The van der Waals surface area contributed by atoms with Crippen molar-refractivity contribution in [2.45, 2.75) is 19.3 Å². The summed E-state index contributed by atoms with van der Waals surface area (Å²) in [7, 11) is 1.60. The maximum atomic E-state index is 12.7. The number of carbonyl (C=O) groups excluding carboxylic acids is 3. The lowest BCUT2D eigenvalue weighted by Gasteiger charge is -2.30. The van der Waals surface area contributed by atoms with Crippen molar-refractivity contribution in [2.75, 3.05) is 46.5 Å². The SMILES string of the molecule is COc1ccc(C(=O)C2CCN(CC(=O)NCC3=NC(=O)C4COCCC4=C3)CC2)cc1. The molecule has 1 aromatic rings. The molecule has 2 amide bonds. The molecule has 0 bridgehead atoms. The van der Waals surface area contributed by atoms with Gasteiger partial charge in [0, 0.05) is 11.5 Å². The fraction of sp³-hybridized carbons (Fsp3) is 0.500. The maximum Gasteiger partial charge on any atom is 0.255 e. The number of ether oxygens (including phenoxy) is 2. The van der Waals surface area contributed by atoms with Crippen LogP contribution in [0.25, 0.3) is 0 Å². The van der Waals surface area contributed by atoms with Crippen LogP contribution in [0.15, 0.2) is 40.9 Å². The van der Waals surface area contributed by atoms with Gasteiger partial charge in [0.05, 0.1) is 45.0 Å². The molecule has 0 saturated carbocycles. The van der Waals surface area contributed by atoms with Crippen LogP contribution in [0.5, 0.6) is 5.75 Å². The molecule has 8 nitrogen and oxygen atoms in total. The number of methoxy groups -OCH3 is 1. The second-order valence-electron chi connectivity index (χ2n) is 8.46. The van der Waals surface area contributed by atoms with Crippen LogP contribution >= 0.6 is 0 Å². The summed E-state index contributed by atoms with van der Waals surface area (Å²) in [4.78, 5) is 43.5. The Morgan fingerprint density at radius 3 is 2.69 bits per heavy atom. The lowest BCUT2D eigenvalue weighted by molar-refractivity contribution is -0.124. The van der Waals surface area contributed by atoms with Gasteiger partial charge in [-0.15, -0.1) is 0 Å². The van der Waals surface area contributed by atoms with Crippen molar-refractivity contribution >= 4 is 23.3 Å². The summed E-state index contributed by atoms with van der Waals surface area (Å²) in [6.45, 7) is 2.93. The van der Waals surface area contributed by atoms with Crippen LogP contribution in [0.1, 0.15) is 29.6 Å². The molecule has 1 aromatic carbocycles. The van der Waals surface area contributed by atoms with Gasteiger partial charge in [0.2, 0.25) is 5.91 Å². The predicted octanol–water partition coefficient (Wildman–Crippen LogP) is 1.65. The van der Waals surface area contributed by atoms with Crippen molar-refractivity contribution in [3.63, 3.8) is 0 Å². The highest BCUT2D eigenvalue weighted by Crippen LogP contribution is 2.25. The number of benzene rings is 1. The molecule has 0 aromatic heterocycles. The monoisotopic (exact) mass is 439 g/mol. The molecule has 0 radical (unpaired) electrons. The second-order valence-corrected chi connectivity index (χ2v) is 8.46. The van der Waals surface area contributed by atoms with Crippen molar-refractivity contribution in [3.8, 4) is 5.75 Å². The third-order valence-corrected chi connectivity index (χ3v) is 6.34. The van der Waals surface area contributed by atoms with Crippen LogP contribution in [-0.2, 0) is 14.3 Å². The van der Waals surface area contributed by atoms with E-state index in [1.54, 1.807) is 31.4 Å². The minimum atomic E-state index is -0.259. The average Bonchev–Trinajstić information content (AvgIpc) is 2.83. The van der Waals surface area contributed by atoms with Gasteiger partial charge in [0.1, 0.15) is 5.75 Å². The number of likely N-dealkylation sites (tertiary alicyclic amines) is 1. The summed E-state index contributed by atoms with van der Waals surface area (Å²) in [6.07, 6.45) is 4.11. The molecule has 0 spiro atoms. The van der Waals surface area contributed by atoms with E-state index in [0.717, 1.165) is 30.6 Å². The zero-order chi connectivity index (χ0) is 22.5. The minimum Gasteiger partial charge on any atom is -0.497 e. The Kier molecular flexibility index (Phi) is 7.12. The molecular formula is C24H29N3O5. The van der Waals surface area contributed by atoms with Crippen LogP contribution in [0, 0.1) is 11.8 Å². The number of rotatable bonds is 7. The van der Waals surface area contributed by atoms with Gasteiger partial charge in [0.15, 0.2) is 5.78 Å². The molecule has 170 valence electrons. The standard InChI is InChI=1S/C24H29N3O5/c1-31-20-4-2-16(3-5-20)23(29)17-6-9-27(10-7-17)14-22(28)25-13-19-12-18-8-11-32-15-21(18)24(30)26-19/h2-5,12,17,21H,6-11,13-15H2,1H3,(H,25,28). The largest absolute Gasteiger partial charge is 0.497 e. The number of aliphatic imine (C=N–C) groups is 1. The first kappa shape index (κ1) is 22.4. The first-order valence-electron chi connectivity index (χ1n) is 11.1. The highest BCUT2D eigenvalue weighted by atomic mass is 16.5. The van der Waals surface area contributed by atoms with Crippen molar-refractivity contribution in [1.82, 2.24) is 10.2 Å². The molecule has 1 N–H and O–H groups in total. The first-order valence-corrected chi connectivity index (χ1v) is 11.1. The van der Waals surface area contributed by atoms with E-state index in [0.29, 0.717) is 37.6 Å². The molecule has 1 atom stereocenters. The fourth-order valence-electron chi connectivity index (χ4n) is 4.42. The van der Waals surface area contributed by atoms with Gasteiger partial charge in [-0.25, -0.2) is 4.99 Å². The van der Waals surface area contributed by atoms with E-state index in [2.05, 4.69) is 15.2 Å². The van der Waals surface area contributed by atoms with Gasteiger partial charge in [-0.2, -0.15) is 0 Å². The zero-order valence-corrected chi connectivity index (χ0v) is 18.3. The highest BCUT2D eigenvalue weighted by molar-refractivity contribution is 6.09. The highest BCUT2D eigenvalue weighted by Gasteiger charge is 2.30. The molecule has 4 rings (SSSR count). The lowest BCUT2D eigenvalue weighted by atomic mass is 9.89. The third kappa shape index (κ3) is 5.31. The molecule has 3 heterocycles. The number of hydrogen-bond acceptors (Lipinski definition) is 6. The second kappa shape index (κ2) is 10.2. The average molecular weight is 440 g/mol. The van der Waals surface area contributed by atoms with E-state index in [-0.39, 0.29) is 42.5 Å². The van der Waals surface area contributed by atoms with Gasteiger partial charge < -0.3 is 14.8 Å². The number of nitrogens with zero attached hydrogens (tertiary/aromatic N) is 2. The number of hydrogen-bond donors (Lipinski definition) is 1. The van der Waals surface area contributed by atoms with Gasteiger partial charge in [-0.05, 0) is 62.7 Å². The Balaban J connectivity index is 1.21. The van der Waals surface area contributed by atoms with E-state index < -0.39 is 0 Å². The number of nitrogens with one attached hydrogen (secondary N) is 1. The van der Waals surface area contributed by atoms with Crippen molar-refractivity contribution in [2.24, 2.45) is 16.8 Å². The number of dihydropyridines is 1. The Bertz CT molecular complexity index is 929. The molecular weight excluding hydrogens is 410 g/mol. The van der Waals surface area contributed by atoms with Gasteiger partial charge in [0.25, 0.3) is 5.91 Å². The van der Waals surface area contributed by atoms with E-state index in [1.165, 1.54) is 0 Å². The first-order chi connectivity index (χ1) is 15.5. The van der Waals surface area contributed by atoms with Gasteiger partial charge in [-0.3, -0.25) is 19.3 Å². The van der Waals surface area contributed by atoms with Gasteiger partial charge >= 0.3 is 0 Å². The number of fused-ring (bicyclic) bond motifs is 1. The summed E-state index contributed by atoms with van der Waals surface area (Å²) >= 11 is 0. The summed E-state index contributed by atoms with van der Waals surface area (Å²) < 4.78 is 10.5. The van der Waals surface area contributed by atoms with Crippen LogP contribution in [-0.4, -0.2) is 74.7 Å². The van der Waals surface area contributed by atoms with E-state index in [1.807, 2.05) is 6.08 Å². The summed E-state index contributed by atoms with van der Waals surface area (Å²) in [5.41, 5.74) is 2.34. The topological polar surface area (TPSA) is 97.3 Å². The number of carbonyl (C=O) groups is 3. The van der Waals surface area contributed by atoms with Crippen molar-refractivity contribution < 1.29 is 23.9 Å². The number of ketones is 1. The van der Waals surface area contributed by atoms with E-state index in [9.17, 15) is 14.4 Å². The Hall–Kier alpha value is -2.84. The maximum absolute atomic E-state index is 12.7. The smallest absolute Gasteiger partial charge is 0.255 e. The summed E-state index contributed by atoms with van der Waals surface area (Å²) in [5.74, 6) is 0.308. The Morgan fingerprint density at radius 1 is 1.22 bits per heavy atom. The Labute approximate surface area is 187 Å². The molecule has 2 fully saturated rings. The number of amides is 2. The van der Waals surface area contributed by atoms with Crippen LogP contribution in [0.3, 0.4) is 0 Å². The quantitative estimate of drug-likeness (QED) is 0.649. The molecule has 2 saturated heterocycles. The fourth-order valence-corrected chi connectivity index (χ4v) is 4.42. The normalized spacial score (nSPS) is 21.9. The molecule has 3 aliphatic rings. The van der Waals surface area contributed by atoms with Crippen LogP contribution in [0.4, 0.5) is 0 Å². The summed E-state index contributed by atoms with van der Waals surface area (Å²) in [5, 5.41) is 2.87. The molecule has 3 aliphatic heterocycles. The van der Waals surface area contributed by atoms with E-state index in [4.69, 9.17) is 9.47 Å².